The molecule has 3 aromatic rings. The van der Waals surface area contributed by atoms with Gasteiger partial charge in [0.15, 0.2) is 5.69 Å². The number of carbonyl (C=O) groups excluding carboxylic acids is 2. The van der Waals surface area contributed by atoms with Crippen LogP contribution in [0, 0.1) is 0 Å². The molecular weight excluding hydrogens is 430 g/mol. The number of fused-ring (bicyclic) bond motifs is 1. The lowest BCUT2D eigenvalue weighted by Crippen LogP contribution is -2.42. The van der Waals surface area contributed by atoms with Crippen LogP contribution in [0.5, 0.6) is 0 Å². The van der Waals surface area contributed by atoms with Crippen LogP contribution < -0.4 is 0 Å². The fourth-order valence-electron chi connectivity index (χ4n) is 4.67. The highest BCUT2D eigenvalue weighted by Crippen LogP contribution is 2.26. The summed E-state index contributed by atoms with van der Waals surface area (Å²) < 4.78 is 7.41. The molecular formula is C26H29N5O3. The second kappa shape index (κ2) is 10.2. The molecule has 4 heterocycles. The Balaban J connectivity index is 1.39. The van der Waals surface area contributed by atoms with Crippen LogP contribution in [0.25, 0.3) is 0 Å². The van der Waals surface area contributed by atoms with Crippen molar-refractivity contribution in [2.75, 3.05) is 32.8 Å². The van der Waals surface area contributed by atoms with Gasteiger partial charge in [-0.15, -0.1) is 0 Å². The average Bonchev–Trinajstić information content (AvgIpc) is 3.27. The van der Waals surface area contributed by atoms with Crippen molar-refractivity contribution in [1.82, 2.24) is 24.6 Å². The maximum absolute atomic E-state index is 13.4. The predicted molar refractivity (Wildman–Crippen MR) is 126 cm³/mol. The zero-order chi connectivity index (χ0) is 23.3. The minimum atomic E-state index is -0.118. The first-order valence-electron chi connectivity index (χ1n) is 11.9. The normalized spacial score (nSPS) is 15.8. The van der Waals surface area contributed by atoms with E-state index in [0.717, 1.165) is 30.6 Å². The van der Waals surface area contributed by atoms with Crippen molar-refractivity contribution in [3.05, 3.63) is 82.9 Å². The van der Waals surface area contributed by atoms with Crippen LogP contribution in [0.1, 0.15) is 44.2 Å². The molecule has 2 aliphatic rings. The number of rotatable bonds is 6. The summed E-state index contributed by atoms with van der Waals surface area (Å²) in [6.07, 6.45) is 4.18. The maximum Gasteiger partial charge on any atom is 0.274 e. The molecule has 1 aromatic carbocycles. The monoisotopic (exact) mass is 459 g/mol. The molecule has 0 N–H and O–H groups in total. The average molecular weight is 460 g/mol. The standard InChI is InChI=1S/C26H29N5O3/c32-25(22-10-4-5-12-27-22)30-14-11-23-21(19-30)24(26(33)29-15-17-34-18-16-29)28-31(23)13-6-9-20-7-2-1-3-8-20/h1-5,7-8,10,12H,6,9,11,13-19H2. The largest absolute Gasteiger partial charge is 0.378 e. The Morgan fingerprint density at radius 1 is 0.912 bits per heavy atom. The minimum absolute atomic E-state index is 0.0755. The number of aromatic nitrogens is 3. The fourth-order valence-corrected chi connectivity index (χ4v) is 4.67. The lowest BCUT2D eigenvalue weighted by Gasteiger charge is -2.29. The van der Waals surface area contributed by atoms with Gasteiger partial charge in [-0.25, -0.2) is 0 Å². The highest BCUT2D eigenvalue weighted by Gasteiger charge is 2.32. The Morgan fingerprint density at radius 2 is 1.71 bits per heavy atom. The van der Waals surface area contributed by atoms with E-state index in [1.165, 1.54) is 5.56 Å². The summed E-state index contributed by atoms with van der Waals surface area (Å²) >= 11 is 0. The van der Waals surface area contributed by atoms with E-state index in [-0.39, 0.29) is 11.8 Å². The summed E-state index contributed by atoms with van der Waals surface area (Å²) in [6.45, 7) is 3.89. The van der Waals surface area contributed by atoms with Crippen LogP contribution in [-0.2, 0) is 30.7 Å². The van der Waals surface area contributed by atoms with Crippen molar-refractivity contribution in [3.8, 4) is 0 Å². The van der Waals surface area contributed by atoms with Crippen molar-refractivity contribution in [1.29, 1.82) is 0 Å². The second-order valence-corrected chi connectivity index (χ2v) is 8.68. The molecule has 2 aliphatic heterocycles. The second-order valence-electron chi connectivity index (χ2n) is 8.68. The topological polar surface area (TPSA) is 80.6 Å². The van der Waals surface area contributed by atoms with Gasteiger partial charge in [-0.05, 0) is 30.5 Å². The zero-order valence-electron chi connectivity index (χ0n) is 19.2. The molecule has 0 bridgehead atoms. The Labute approximate surface area is 199 Å². The van der Waals surface area contributed by atoms with Crippen LogP contribution in [0.4, 0.5) is 0 Å². The van der Waals surface area contributed by atoms with Gasteiger partial charge in [-0.3, -0.25) is 19.3 Å². The van der Waals surface area contributed by atoms with Crippen LogP contribution in [-0.4, -0.2) is 69.2 Å². The Morgan fingerprint density at radius 3 is 2.47 bits per heavy atom. The summed E-state index contributed by atoms with van der Waals surface area (Å²) in [5, 5.41) is 4.80. The van der Waals surface area contributed by atoms with E-state index in [1.54, 1.807) is 28.1 Å². The van der Waals surface area contributed by atoms with Gasteiger partial charge >= 0.3 is 0 Å². The molecule has 0 saturated carbocycles. The smallest absolute Gasteiger partial charge is 0.274 e. The van der Waals surface area contributed by atoms with E-state index >= 15 is 0 Å². The Bertz CT molecular complexity index is 1140. The SMILES string of the molecule is O=C(c1ccccn1)N1CCc2c(c(C(=O)N3CCOCC3)nn2CCCc2ccccc2)C1. The maximum atomic E-state index is 13.4. The molecule has 176 valence electrons. The molecule has 8 heteroatoms. The van der Waals surface area contributed by atoms with Gasteiger partial charge in [-0.1, -0.05) is 36.4 Å². The molecule has 8 nitrogen and oxygen atoms in total. The third kappa shape index (κ3) is 4.72. The molecule has 1 saturated heterocycles. The molecule has 0 unspecified atom stereocenters. The lowest BCUT2D eigenvalue weighted by molar-refractivity contribution is 0.0296. The van der Waals surface area contributed by atoms with Crippen LogP contribution in [0.3, 0.4) is 0 Å². The van der Waals surface area contributed by atoms with Crippen molar-refractivity contribution < 1.29 is 14.3 Å². The first-order valence-corrected chi connectivity index (χ1v) is 11.9. The van der Waals surface area contributed by atoms with Gasteiger partial charge in [0.1, 0.15) is 5.69 Å². The zero-order valence-corrected chi connectivity index (χ0v) is 19.2. The highest BCUT2D eigenvalue weighted by atomic mass is 16.5. The molecule has 0 spiro atoms. The molecule has 2 aromatic heterocycles. The van der Waals surface area contributed by atoms with E-state index in [4.69, 9.17) is 9.84 Å². The molecule has 0 aliphatic carbocycles. The van der Waals surface area contributed by atoms with Crippen LogP contribution in [0.2, 0.25) is 0 Å². The number of aryl methyl sites for hydroxylation is 2. The number of carbonyl (C=O) groups is 2. The molecule has 0 radical (unpaired) electrons. The van der Waals surface area contributed by atoms with Gasteiger partial charge in [-0.2, -0.15) is 5.10 Å². The number of hydrogen-bond acceptors (Lipinski definition) is 5. The molecule has 34 heavy (non-hydrogen) atoms. The minimum Gasteiger partial charge on any atom is -0.378 e. The number of morpholine rings is 1. The van der Waals surface area contributed by atoms with Crippen LogP contribution >= 0.6 is 0 Å². The van der Waals surface area contributed by atoms with Gasteiger partial charge in [0.05, 0.1) is 19.8 Å². The number of benzene rings is 1. The van der Waals surface area contributed by atoms with Gasteiger partial charge < -0.3 is 14.5 Å². The molecule has 1 fully saturated rings. The van der Waals surface area contributed by atoms with Crippen molar-refractivity contribution >= 4 is 11.8 Å². The van der Waals surface area contributed by atoms with Gasteiger partial charge in [0, 0.05) is 50.1 Å². The Kier molecular flexibility index (Phi) is 6.67. The van der Waals surface area contributed by atoms with E-state index in [1.807, 2.05) is 16.8 Å². The highest BCUT2D eigenvalue weighted by molar-refractivity contribution is 5.95. The number of pyridine rings is 1. The summed E-state index contributed by atoms with van der Waals surface area (Å²) in [5.41, 5.74) is 4.11. The van der Waals surface area contributed by atoms with Crippen molar-refractivity contribution in [2.24, 2.45) is 0 Å². The number of ether oxygens (including phenoxy) is 1. The van der Waals surface area contributed by atoms with Gasteiger partial charge in [0.25, 0.3) is 11.8 Å². The summed E-state index contributed by atoms with van der Waals surface area (Å²) in [5.74, 6) is -0.193. The van der Waals surface area contributed by atoms with E-state index in [0.29, 0.717) is 57.2 Å². The first-order chi connectivity index (χ1) is 16.7. The van der Waals surface area contributed by atoms with E-state index in [2.05, 4.69) is 29.2 Å². The third-order valence-electron chi connectivity index (χ3n) is 6.48. The lowest BCUT2D eigenvalue weighted by atomic mass is 10.0. The number of hydrogen-bond donors (Lipinski definition) is 0. The quantitative estimate of drug-likeness (QED) is 0.566. The predicted octanol–water partition coefficient (Wildman–Crippen LogP) is 2.58. The van der Waals surface area contributed by atoms with Crippen molar-refractivity contribution in [3.63, 3.8) is 0 Å². The number of nitrogens with zero attached hydrogens (tertiary/aromatic N) is 5. The number of amides is 2. The summed E-state index contributed by atoms with van der Waals surface area (Å²) in [7, 11) is 0. The van der Waals surface area contributed by atoms with Gasteiger partial charge in [0.2, 0.25) is 0 Å². The fraction of sp³-hybridized carbons (Fsp3) is 0.385. The summed E-state index contributed by atoms with van der Waals surface area (Å²) in [4.78, 5) is 34.3. The third-order valence-corrected chi connectivity index (χ3v) is 6.48. The Hall–Kier alpha value is -3.52. The van der Waals surface area contributed by atoms with E-state index < -0.39 is 0 Å². The van der Waals surface area contributed by atoms with E-state index in [9.17, 15) is 9.59 Å². The van der Waals surface area contributed by atoms with Crippen LogP contribution in [0.15, 0.2) is 54.7 Å². The first kappa shape index (κ1) is 22.3. The molecule has 5 rings (SSSR count). The summed E-state index contributed by atoms with van der Waals surface area (Å²) in [6, 6.07) is 15.7. The van der Waals surface area contributed by atoms with Crippen molar-refractivity contribution in [2.45, 2.75) is 32.4 Å². The molecule has 2 amide bonds. The molecule has 0 atom stereocenters.